The van der Waals surface area contributed by atoms with Crippen LogP contribution in [-0.4, -0.2) is 44.3 Å². The van der Waals surface area contributed by atoms with Crippen molar-refractivity contribution in [3.8, 4) is 5.75 Å². The van der Waals surface area contributed by atoms with Crippen LogP contribution in [0.15, 0.2) is 59.4 Å². The fourth-order valence-corrected chi connectivity index (χ4v) is 3.96. The van der Waals surface area contributed by atoms with Crippen LogP contribution in [0.5, 0.6) is 5.75 Å². The molecular formula is C25H24F2N4O5. The Morgan fingerprint density at radius 1 is 1.14 bits per heavy atom. The van der Waals surface area contributed by atoms with Gasteiger partial charge in [0.15, 0.2) is 5.69 Å². The van der Waals surface area contributed by atoms with E-state index in [0.717, 1.165) is 15.0 Å². The van der Waals surface area contributed by atoms with Crippen molar-refractivity contribution < 1.29 is 28.2 Å². The topological polar surface area (TPSA) is 114 Å². The van der Waals surface area contributed by atoms with Crippen molar-refractivity contribution in [1.82, 2.24) is 19.8 Å². The lowest BCUT2D eigenvalue weighted by atomic mass is 10.1. The molecule has 2 atom stereocenters. The summed E-state index contributed by atoms with van der Waals surface area (Å²) >= 11 is 0. The van der Waals surface area contributed by atoms with Gasteiger partial charge in [0, 0.05) is 20.0 Å². The molecule has 9 nitrogen and oxygen atoms in total. The van der Waals surface area contributed by atoms with Crippen molar-refractivity contribution in [2.75, 3.05) is 6.54 Å². The molecule has 2 amide bonds. The van der Waals surface area contributed by atoms with Gasteiger partial charge < -0.3 is 15.2 Å². The van der Waals surface area contributed by atoms with Crippen molar-refractivity contribution in [2.45, 2.75) is 31.8 Å². The number of nitrogens with one attached hydrogen (secondary N) is 1. The van der Waals surface area contributed by atoms with E-state index in [1.165, 1.54) is 31.3 Å². The number of aromatic hydroxyl groups is 1. The lowest BCUT2D eigenvalue weighted by molar-refractivity contribution is 0.0886. The van der Waals surface area contributed by atoms with Gasteiger partial charge in [0.05, 0.1) is 12.6 Å². The number of rotatable bonds is 6. The quantitative estimate of drug-likeness (QED) is 0.540. The Bertz CT molecular complexity index is 1310. The number of likely N-dealkylation sites (tertiary alicyclic amines) is 1. The zero-order valence-corrected chi connectivity index (χ0v) is 19.4. The van der Waals surface area contributed by atoms with E-state index in [9.17, 15) is 28.3 Å². The minimum atomic E-state index is -1.40. The number of carbonyl (C=O) groups excluding carboxylic acids is 2. The maximum Gasteiger partial charge on any atom is 0.410 e. The normalized spacial score (nSPS) is 17.1. The van der Waals surface area contributed by atoms with E-state index in [4.69, 9.17) is 4.74 Å². The minimum Gasteiger partial charge on any atom is -0.501 e. The van der Waals surface area contributed by atoms with Crippen LogP contribution in [0.3, 0.4) is 0 Å². The molecule has 0 saturated carbocycles. The number of amides is 2. The molecule has 0 unspecified atom stereocenters. The summed E-state index contributed by atoms with van der Waals surface area (Å²) in [5.74, 6) is -2.24. The molecule has 1 aromatic heterocycles. The number of hydrogen-bond donors (Lipinski definition) is 2. The fraction of sp³-hybridized carbons (Fsp3) is 0.280. The van der Waals surface area contributed by atoms with Gasteiger partial charge in [-0.05, 0) is 23.3 Å². The molecule has 2 N–H and O–H groups in total. The molecule has 11 heteroatoms. The van der Waals surface area contributed by atoms with Crippen LogP contribution >= 0.6 is 0 Å². The SMILES string of the molecule is Cn1c([C@@H]2C[C@@H](F)CN2C(=O)OCc2ccccc2)nc(C(=O)NCc2ccc(F)cc2)c(O)c1=O. The van der Waals surface area contributed by atoms with E-state index >= 15 is 0 Å². The molecule has 1 aliphatic heterocycles. The van der Waals surface area contributed by atoms with Gasteiger partial charge in [0.2, 0.25) is 5.75 Å². The standard InChI is InChI=1S/C25H24F2N4O5/c1-30-22(19-11-18(27)13-31(19)25(35)36-14-16-5-3-2-4-6-16)29-20(21(32)24(30)34)23(33)28-12-15-7-9-17(26)10-8-15/h2-10,18-19,32H,11-14H2,1H3,(H,28,33)/t18-,19+/m1/s1. The molecule has 1 saturated heterocycles. The predicted molar refractivity (Wildman–Crippen MR) is 124 cm³/mol. The number of carbonyl (C=O) groups is 2. The zero-order chi connectivity index (χ0) is 25.8. The Balaban J connectivity index is 1.56. The van der Waals surface area contributed by atoms with Crippen LogP contribution in [0.2, 0.25) is 0 Å². The van der Waals surface area contributed by atoms with Crippen molar-refractivity contribution in [3.63, 3.8) is 0 Å². The van der Waals surface area contributed by atoms with Crippen molar-refractivity contribution in [1.29, 1.82) is 0 Å². The van der Waals surface area contributed by atoms with E-state index < -0.39 is 47.0 Å². The van der Waals surface area contributed by atoms with E-state index in [-0.39, 0.29) is 31.9 Å². The molecule has 36 heavy (non-hydrogen) atoms. The molecular weight excluding hydrogens is 474 g/mol. The molecule has 188 valence electrons. The van der Waals surface area contributed by atoms with Gasteiger partial charge in [-0.25, -0.2) is 18.6 Å². The monoisotopic (exact) mass is 498 g/mol. The van der Waals surface area contributed by atoms with Gasteiger partial charge >= 0.3 is 6.09 Å². The Morgan fingerprint density at radius 2 is 1.83 bits per heavy atom. The van der Waals surface area contributed by atoms with Gasteiger partial charge in [-0.1, -0.05) is 42.5 Å². The lowest BCUT2D eigenvalue weighted by Gasteiger charge is -2.25. The number of aromatic nitrogens is 2. The van der Waals surface area contributed by atoms with E-state index in [2.05, 4.69) is 10.3 Å². The second kappa shape index (κ2) is 10.5. The second-order valence-corrected chi connectivity index (χ2v) is 8.38. The van der Waals surface area contributed by atoms with Gasteiger partial charge in [-0.15, -0.1) is 0 Å². The molecule has 2 aromatic carbocycles. The van der Waals surface area contributed by atoms with Crippen molar-refractivity contribution >= 4 is 12.0 Å². The van der Waals surface area contributed by atoms with Gasteiger partial charge in [0.25, 0.3) is 11.5 Å². The molecule has 0 bridgehead atoms. The van der Waals surface area contributed by atoms with Gasteiger partial charge in [-0.2, -0.15) is 0 Å². The largest absolute Gasteiger partial charge is 0.501 e. The van der Waals surface area contributed by atoms with E-state index in [1.54, 1.807) is 24.3 Å². The van der Waals surface area contributed by atoms with Gasteiger partial charge in [-0.3, -0.25) is 19.1 Å². The fourth-order valence-electron chi connectivity index (χ4n) is 3.96. The van der Waals surface area contributed by atoms with Crippen LogP contribution < -0.4 is 10.9 Å². The summed E-state index contributed by atoms with van der Waals surface area (Å²) in [7, 11) is 1.31. The molecule has 0 radical (unpaired) electrons. The molecule has 1 fully saturated rings. The van der Waals surface area contributed by atoms with Crippen molar-refractivity contribution in [2.24, 2.45) is 7.05 Å². The van der Waals surface area contributed by atoms with Crippen LogP contribution in [0.1, 0.15) is 39.9 Å². The summed E-state index contributed by atoms with van der Waals surface area (Å²) in [5.41, 5.74) is -0.160. The highest BCUT2D eigenvalue weighted by Crippen LogP contribution is 2.33. The van der Waals surface area contributed by atoms with Crippen LogP contribution in [0.25, 0.3) is 0 Å². The highest BCUT2D eigenvalue weighted by molar-refractivity contribution is 5.94. The second-order valence-electron chi connectivity index (χ2n) is 8.38. The number of halogens is 2. The number of benzene rings is 2. The average molecular weight is 498 g/mol. The smallest absolute Gasteiger partial charge is 0.410 e. The summed E-state index contributed by atoms with van der Waals surface area (Å²) in [5, 5.41) is 12.8. The first-order chi connectivity index (χ1) is 17.2. The third-order valence-electron chi connectivity index (χ3n) is 5.87. The summed E-state index contributed by atoms with van der Waals surface area (Å²) in [6.07, 6.45) is -2.36. The minimum absolute atomic E-state index is 0.0152. The van der Waals surface area contributed by atoms with E-state index in [1.807, 2.05) is 6.07 Å². The zero-order valence-electron chi connectivity index (χ0n) is 19.4. The number of alkyl halides is 1. The Labute approximate surface area is 205 Å². The predicted octanol–water partition coefficient (Wildman–Crippen LogP) is 2.98. The Hall–Kier alpha value is -4.28. The van der Waals surface area contributed by atoms with Crippen molar-refractivity contribution in [3.05, 3.63) is 93.4 Å². The Kier molecular flexibility index (Phi) is 7.28. The number of nitrogens with zero attached hydrogens (tertiary/aromatic N) is 3. The lowest BCUT2D eigenvalue weighted by Crippen LogP contribution is -2.37. The highest BCUT2D eigenvalue weighted by atomic mass is 19.1. The molecule has 0 aliphatic carbocycles. The van der Waals surface area contributed by atoms with Crippen LogP contribution in [-0.2, 0) is 24.9 Å². The Morgan fingerprint density at radius 3 is 2.53 bits per heavy atom. The van der Waals surface area contributed by atoms with Crippen LogP contribution in [0, 0.1) is 5.82 Å². The molecule has 1 aliphatic rings. The third-order valence-corrected chi connectivity index (χ3v) is 5.87. The summed E-state index contributed by atoms with van der Waals surface area (Å²) in [4.78, 5) is 43.5. The van der Waals surface area contributed by atoms with Gasteiger partial charge in [0.1, 0.15) is 24.4 Å². The number of hydrogen-bond acceptors (Lipinski definition) is 6. The molecule has 2 heterocycles. The first-order valence-electron chi connectivity index (χ1n) is 11.2. The molecule has 3 aromatic rings. The highest BCUT2D eigenvalue weighted by Gasteiger charge is 2.40. The summed E-state index contributed by atoms with van der Waals surface area (Å²) in [6.45, 7) is -0.321. The first-order valence-corrected chi connectivity index (χ1v) is 11.2. The molecule has 4 rings (SSSR count). The van der Waals surface area contributed by atoms with E-state index in [0.29, 0.717) is 5.56 Å². The average Bonchev–Trinajstić information content (AvgIpc) is 3.27. The molecule has 0 spiro atoms. The summed E-state index contributed by atoms with van der Waals surface area (Å²) in [6, 6.07) is 13.3. The maximum absolute atomic E-state index is 14.4. The third kappa shape index (κ3) is 5.35. The number of ether oxygens (including phenoxy) is 1. The maximum atomic E-state index is 14.4. The first kappa shape index (κ1) is 24.8. The summed E-state index contributed by atoms with van der Waals surface area (Å²) < 4.78 is 33.8. The van der Waals surface area contributed by atoms with Crippen LogP contribution in [0.4, 0.5) is 13.6 Å².